The maximum Gasteiger partial charge on any atom is 0.275 e. The fraction of sp³-hybridized carbons (Fsp3) is 0.375. The summed E-state index contributed by atoms with van der Waals surface area (Å²) in [5, 5.41) is 16.8. The molecule has 1 aliphatic heterocycles. The average molecular weight is 317 g/mol. The van der Waals surface area contributed by atoms with Crippen LogP contribution in [0.3, 0.4) is 0 Å². The number of carbonyl (C=O) groups is 1. The third-order valence-corrected chi connectivity index (χ3v) is 4.10. The van der Waals surface area contributed by atoms with Crippen molar-refractivity contribution in [3.8, 4) is 11.5 Å². The molecule has 2 heterocycles. The molecule has 23 heavy (non-hydrogen) atoms. The zero-order valence-corrected chi connectivity index (χ0v) is 13.3. The summed E-state index contributed by atoms with van der Waals surface area (Å²) in [6.45, 7) is 2.78. The topological polar surface area (TPSA) is 87.7 Å². The van der Waals surface area contributed by atoms with Crippen molar-refractivity contribution in [2.75, 3.05) is 27.4 Å². The number of phenolic OH excluding ortho intramolecular Hbond substituents is 1. The van der Waals surface area contributed by atoms with Crippen molar-refractivity contribution in [1.29, 1.82) is 0 Å². The minimum Gasteiger partial charge on any atom is -0.504 e. The Kier molecular flexibility index (Phi) is 3.96. The van der Waals surface area contributed by atoms with Gasteiger partial charge >= 0.3 is 0 Å². The molecule has 1 atom stereocenters. The smallest absolute Gasteiger partial charge is 0.275 e. The molecule has 122 valence electrons. The second-order valence-corrected chi connectivity index (χ2v) is 5.44. The highest BCUT2D eigenvalue weighted by Gasteiger charge is 2.41. The molecule has 0 saturated heterocycles. The van der Waals surface area contributed by atoms with E-state index in [1.54, 1.807) is 30.2 Å². The molecule has 0 bridgehead atoms. The number of fused-ring (bicyclic) bond motifs is 1. The Bertz CT molecular complexity index is 741. The zero-order valence-electron chi connectivity index (χ0n) is 13.3. The minimum absolute atomic E-state index is 0.0631. The highest BCUT2D eigenvalue weighted by Crippen LogP contribution is 2.41. The molecule has 7 heteroatoms. The highest BCUT2D eigenvalue weighted by molar-refractivity contribution is 5.98. The Labute approximate surface area is 133 Å². The van der Waals surface area contributed by atoms with Gasteiger partial charge in [-0.15, -0.1) is 0 Å². The van der Waals surface area contributed by atoms with Crippen LogP contribution in [0.25, 0.3) is 0 Å². The van der Waals surface area contributed by atoms with Crippen molar-refractivity contribution in [3.05, 3.63) is 40.7 Å². The van der Waals surface area contributed by atoms with Gasteiger partial charge in [0.15, 0.2) is 17.2 Å². The highest BCUT2D eigenvalue weighted by atomic mass is 16.5. The first kappa shape index (κ1) is 15.4. The number of methoxy groups -OCH3 is 2. The number of aromatic nitrogens is 2. The maximum absolute atomic E-state index is 12.6. The second kappa shape index (κ2) is 5.92. The second-order valence-electron chi connectivity index (χ2n) is 5.44. The predicted octanol–water partition coefficient (Wildman–Crippen LogP) is 1.62. The predicted molar refractivity (Wildman–Crippen MR) is 82.7 cm³/mol. The van der Waals surface area contributed by atoms with Crippen LogP contribution >= 0.6 is 0 Å². The summed E-state index contributed by atoms with van der Waals surface area (Å²) in [7, 11) is 3.10. The Morgan fingerprint density at radius 2 is 2.17 bits per heavy atom. The molecule has 1 aromatic heterocycles. The minimum atomic E-state index is -0.277. The summed E-state index contributed by atoms with van der Waals surface area (Å²) in [6, 6.07) is 4.83. The van der Waals surface area contributed by atoms with E-state index in [0.29, 0.717) is 24.6 Å². The molecular weight excluding hydrogens is 298 g/mol. The molecule has 2 N–H and O–H groups in total. The van der Waals surface area contributed by atoms with Gasteiger partial charge in [-0.2, -0.15) is 5.10 Å². The van der Waals surface area contributed by atoms with Crippen LogP contribution in [-0.4, -0.2) is 53.5 Å². The third-order valence-electron chi connectivity index (χ3n) is 4.10. The molecule has 0 unspecified atom stereocenters. The van der Waals surface area contributed by atoms with Crippen LogP contribution in [0, 0.1) is 6.92 Å². The Morgan fingerprint density at radius 1 is 1.39 bits per heavy atom. The molecular formula is C16H19N3O4. The van der Waals surface area contributed by atoms with E-state index in [1.807, 2.05) is 6.92 Å². The number of carbonyl (C=O) groups excluding carboxylic acids is 1. The average Bonchev–Trinajstić information content (AvgIpc) is 3.05. The Balaban J connectivity index is 2.09. The van der Waals surface area contributed by atoms with E-state index in [9.17, 15) is 9.90 Å². The molecule has 0 aliphatic carbocycles. The lowest BCUT2D eigenvalue weighted by Crippen LogP contribution is -2.32. The number of amides is 1. The van der Waals surface area contributed by atoms with E-state index < -0.39 is 0 Å². The molecule has 1 amide bonds. The van der Waals surface area contributed by atoms with Crippen LogP contribution in [0.1, 0.15) is 33.4 Å². The molecule has 0 radical (unpaired) electrons. The number of benzene rings is 1. The van der Waals surface area contributed by atoms with Crippen LogP contribution in [0.4, 0.5) is 0 Å². The number of hydrogen-bond acceptors (Lipinski definition) is 5. The van der Waals surface area contributed by atoms with Crippen LogP contribution in [0.5, 0.6) is 11.5 Å². The van der Waals surface area contributed by atoms with Crippen LogP contribution in [0.2, 0.25) is 0 Å². The summed E-state index contributed by atoms with van der Waals surface area (Å²) in [4.78, 5) is 14.4. The number of nitrogens with zero attached hydrogens (tertiary/aromatic N) is 2. The summed E-state index contributed by atoms with van der Waals surface area (Å²) in [6.07, 6.45) is 0. The van der Waals surface area contributed by atoms with E-state index in [1.165, 1.54) is 7.11 Å². The van der Waals surface area contributed by atoms with Crippen molar-refractivity contribution in [1.82, 2.24) is 15.1 Å². The van der Waals surface area contributed by atoms with E-state index in [-0.39, 0.29) is 17.7 Å². The number of nitrogens with one attached hydrogen (secondary N) is 1. The molecule has 0 fully saturated rings. The number of ether oxygens (including phenoxy) is 2. The first-order valence-electron chi connectivity index (χ1n) is 7.30. The lowest BCUT2D eigenvalue weighted by atomic mass is 9.99. The number of aryl methyl sites for hydroxylation is 1. The number of aromatic hydroxyl groups is 1. The van der Waals surface area contributed by atoms with Crippen LogP contribution < -0.4 is 4.74 Å². The summed E-state index contributed by atoms with van der Waals surface area (Å²) in [5.74, 6) is 0.308. The van der Waals surface area contributed by atoms with Crippen molar-refractivity contribution in [2.45, 2.75) is 13.0 Å². The number of aromatic amines is 1. The van der Waals surface area contributed by atoms with Gasteiger partial charge in [-0.1, -0.05) is 6.07 Å². The lowest BCUT2D eigenvalue weighted by Gasteiger charge is -2.26. The van der Waals surface area contributed by atoms with Crippen molar-refractivity contribution >= 4 is 5.91 Å². The van der Waals surface area contributed by atoms with E-state index in [0.717, 1.165) is 16.8 Å². The quantitative estimate of drug-likeness (QED) is 0.875. The molecule has 1 aliphatic rings. The van der Waals surface area contributed by atoms with Crippen molar-refractivity contribution in [2.24, 2.45) is 0 Å². The Hall–Kier alpha value is -2.54. The monoisotopic (exact) mass is 317 g/mol. The number of rotatable bonds is 5. The molecule has 3 rings (SSSR count). The number of hydrogen-bond donors (Lipinski definition) is 2. The largest absolute Gasteiger partial charge is 0.504 e. The fourth-order valence-corrected chi connectivity index (χ4v) is 2.98. The van der Waals surface area contributed by atoms with E-state index >= 15 is 0 Å². The first-order valence-corrected chi connectivity index (χ1v) is 7.30. The summed E-state index contributed by atoms with van der Waals surface area (Å²) < 4.78 is 10.3. The van der Waals surface area contributed by atoms with Gasteiger partial charge < -0.3 is 19.5 Å². The van der Waals surface area contributed by atoms with Gasteiger partial charge in [0.25, 0.3) is 5.91 Å². The standard InChI is InChI=1S/C16H19N3O4/c1-9-13-14(18-17-9)16(21)19(6-7-22-2)15(13)10-4-5-11(20)12(8-10)23-3/h4-5,8,15,20H,6-7H2,1-3H3,(H,17,18)/t15-/m0/s1. The maximum atomic E-state index is 12.6. The van der Waals surface area contributed by atoms with Gasteiger partial charge in [-0.05, 0) is 24.6 Å². The van der Waals surface area contributed by atoms with E-state index in [2.05, 4.69) is 10.2 Å². The van der Waals surface area contributed by atoms with Crippen molar-refractivity contribution < 1.29 is 19.4 Å². The molecule has 2 aromatic rings. The fourth-order valence-electron chi connectivity index (χ4n) is 2.98. The van der Waals surface area contributed by atoms with Gasteiger partial charge in [-0.3, -0.25) is 9.89 Å². The summed E-state index contributed by atoms with van der Waals surface area (Å²) >= 11 is 0. The van der Waals surface area contributed by atoms with Gasteiger partial charge in [0.05, 0.1) is 19.8 Å². The van der Waals surface area contributed by atoms with Crippen molar-refractivity contribution in [3.63, 3.8) is 0 Å². The van der Waals surface area contributed by atoms with Gasteiger partial charge in [0, 0.05) is 24.9 Å². The van der Waals surface area contributed by atoms with Crippen LogP contribution in [-0.2, 0) is 4.74 Å². The number of phenols is 1. The van der Waals surface area contributed by atoms with Gasteiger partial charge in [-0.25, -0.2) is 0 Å². The number of H-pyrrole nitrogens is 1. The van der Waals surface area contributed by atoms with Crippen LogP contribution in [0.15, 0.2) is 18.2 Å². The zero-order chi connectivity index (χ0) is 16.6. The third kappa shape index (κ3) is 2.43. The lowest BCUT2D eigenvalue weighted by molar-refractivity contribution is 0.0676. The van der Waals surface area contributed by atoms with Gasteiger partial charge in [0.2, 0.25) is 0 Å². The Morgan fingerprint density at radius 3 is 2.87 bits per heavy atom. The normalized spacial score (nSPS) is 16.7. The molecule has 0 spiro atoms. The SMILES string of the molecule is COCCN1C(=O)c2n[nH]c(C)c2[C@@H]1c1ccc(O)c(OC)c1. The molecule has 0 saturated carbocycles. The van der Waals surface area contributed by atoms with Gasteiger partial charge in [0.1, 0.15) is 0 Å². The molecule has 7 nitrogen and oxygen atoms in total. The summed E-state index contributed by atoms with van der Waals surface area (Å²) in [5.41, 5.74) is 3.01. The first-order chi connectivity index (χ1) is 11.1. The molecule has 1 aromatic carbocycles. The van der Waals surface area contributed by atoms with E-state index in [4.69, 9.17) is 9.47 Å².